The first kappa shape index (κ1) is 22.3. The highest BCUT2D eigenvalue weighted by Gasteiger charge is 2.18. The Balaban J connectivity index is 1.58. The average molecular weight is 451 g/mol. The molecule has 0 aliphatic heterocycles. The first-order valence-corrected chi connectivity index (χ1v) is 10.2. The summed E-state index contributed by atoms with van der Waals surface area (Å²) in [6, 6.07) is 4.19. The molecule has 0 spiro atoms. The summed E-state index contributed by atoms with van der Waals surface area (Å²) in [7, 11) is 1.55. The molecule has 0 saturated carbocycles. The molecule has 0 radical (unpaired) electrons. The number of hydrogen-bond acceptors (Lipinski definition) is 7. The van der Waals surface area contributed by atoms with Gasteiger partial charge < -0.3 is 14.5 Å². The number of carbonyl (C=O) groups excluding carboxylic acids is 2. The van der Waals surface area contributed by atoms with E-state index >= 15 is 0 Å². The van der Waals surface area contributed by atoms with Crippen molar-refractivity contribution in [1.29, 1.82) is 0 Å². The lowest BCUT2D eigenvalue weighted by molar-refractivity contribution is -0.119. The van der Waals surface area contributed by atoms with Crippen LogP contribution >= 0.6 is 0 Å². The number of fused-ring (bicyclic) bond motifs is 1. The van der Waals surface area contributed by atoms with Crippen LogP contribution in [0.5, 0.6) is 0 Å². The van der Waals surface area contributed by atoms with E-state index in [2.05, 4.69) is 20.3 Å². The molecule has 170 valence electrons. The summed E-state index contributed by atoms with van der Waals surface area (Å²) >= 11 is 0. The lowest BCUT2D eigenvalue weighted by Gasteiger charge is -2.06. The number of rotatable bonds is 8. The zero-order valence-electron chi connectivity index (χ0n) is 18.4. The van der Waals surface area contributed by atoms with Gasteiger partial charge in [-0.3, -0.25) is 14.0 Å². The van der Waals surface area contributed by atoms with Crippen molar-refractivity contribution in [2.45, 2.75) is 26.7 Å². The number of Topliss-reactive ketones (excluding diaryl/α,β-unsaturated/α-hetero) is 1. The van der Waals surface area contributed by atoms with Crippen LogP contribution < -0.4 is 5.32 Å². The summed E-state index contributed by atoms with van der Waals surface area (Å²) in [5.74, 6) is -0.106. The molecule has 0 fully saturated rings. The number of aromatic nitrogens is 4. The Hall–Kier alpha value is -3.92. The standard InChI is InChI=1S/C23H22FN5O4/c1-13-21(33-14(2)26-13)22(31)27-16-4-5-19(24)18(9-16)20-12-29-11-15(10-25-23(29)28-20)8-17(30)6-7-32-3/h4-5,9-12H,6-8H2,1-3H3,(H,27,31). The molecule has 0 aliphatic rings. The van der Waals surface area contributed by atoms with Crippen molar-refractivity contribution < 1.29 is 23.1 Å². The largest absolute Gasteiger partial charge is 0.436 e. The van der Waals surface area contributed by atoms with Crippen LogP contribution in [-0.4, -0.2) is 44.8 Å². The van der Waals surface area contributed by atoms with Crippen LogP contribution in [0.25, 0.3) is 17.0 Å². The van der Waals surface area contributed by atoms with Gasteiger partial charge in [0.05, 0.1) is 18.0 Å². The highest BCUT2D eigenvalue weighted by molar-refractivity contribution is 6.03. The van der Waals surface area contributed by atoms with Crippen molar-refractivity contribution in [3.8, 4) is 11.3 Å². The SMILES string of the molecule is COCCC(=O)Cc1cnc2nc(-c3cc(NC(=O)c4oc(C)nc4C)ccc3F)cn2c1. The third-order valence-corrected chi connectivity index (χ3v) is 4.96. The van der Waals surface area contributed by atoms with E-state index < -0.39 is 11.7 Å². The Bertz CT molecular complexity index is 1340. The van der Waals surface area contributed by atoms with E-state index in [9.17, 15) is 14.0 Å². The van der Waals surface area contributed by atoms with Crippen LogP contribution in [0.4, 0.5) is 10.1 Å². The second kappa shape index (κ2) is 9.29. The molecule has 33 heavy (non-hydrogen) atoms. The van der Waals surface area contributed by atoms with E-state index in [1.165, 1.54) is 18.2 Å². The number of anilines is 1. The van der Waals surface area contributed by atoms with Gasteiger partial charge in [-0.1, -0.05) is 0 Å². The van der Waals surface area contributed by atoms with Gasteiger partial charge in [-0.15, -0.1) is 0 Å². The first-order chi connectivity index (χ1) is 15.8. The first-order valence-electron chi connectivity index (χ1n) is 10.2. The van der Waals surface area contributed by atoms with E-state index in [4.69, 9.17) is 9.15 Å². The fourth-order valence-corrected chi connectivity index (χ4v) is 3.41. The fourth-order valence-electron chi connectivity index (χ4n) is 3.41. The van der Waals surface area contributed by atoms with Gasteiger partial charge >= 0.3 is 0 Å². The molecule has 1 N–H and O–H groups in total. The van der Waals surface area contributed by atoms with E-state index in [1.807, 2.05) is 0 Å². The number of halogens is 1. The van der Waals surface area contributed by atoms with Gasteiger partial charge in [0.25, 0.3) is 5.91 Å². The van der Waals surface area contributed by atoms with Gasteiger partial charge in [-0.2, -0.15) is 0 Å². The minimum absolute atomic E-state index is 0.0324. The van der Waals surface area contributed by atoms with Gasteiger partial charge in [0.15, 0.2) is 5.89 Å². The third kappa shape index (κ3) is 4.96. The topological polar surface area (TPSA) is 112 Å². The van der Waals surface area contributed by atoms with Crippen molar-refractivity contribution in [3.63, 3.8) is 0 Å². The van der Waals surface area contributed by atoms with Crippen molar-refractivity contribution in [1.82, 2.24) is 19.4 Å². The molecule has 0 aliphatic carbocycles. The molecule has 10 heteroatoms. The summed E-state index contributed by atoms with van der Waals surface area (Å²) in [6.07, 6.45) is 5.48. The van der Waals surface area contributed by atoms with Crippen LogP contribution in [0.3, 0.4) is 0 Å². The Morgan fingerprint density at radius 1 is 1.21 bits per heavy atom. The summed E-state index contributed by atoms with van der Waals surface area (Å²) in [5, 5.41) is 2.69. The molecule has 3 aromatic heterocycles. The minimum atomic E-state index is -0.502. The summed E-state index contributed by atoms with van der Waals surface area (Å²) in [6.45, 7) is 3.69. The summed E-state index contributed by atoms with van der Waals surface area (Å²) < 4.78 is 26.5. The molecular formula is C23H22FN5O4. The van der Waals surface area contributed by atoms with Gasteiger partial charge in [-0.05, 0) is 30.7 Å². The Kier molecular flexibility index (Phi) is 6.27. The lowest BCUT2D eigenvalue weighted by atomic mass is 10.1. The van der Waals surface area contributed by atoms with Crippen LogP contribution in [-0.2, 0) is 16.0 Å². The smallest absolute Gasteiger partial charge is 0.293 e. The van der Waals surface area contributed by atoms with E-state index in [1.54, 1.807) is 43.9 Å². The number of nitrogens with zero attached hydrogens (tertiary/aromatic N) is 4. The van der Waals surface area contributed by atoms with E-state index in [0.717, 1.165) is 0 Å². The number of benzene rings is 1. The van der Waals surface area contributed by atoms with Crippen LogP contribution in [0.2, 0.25) is 0 Å². The quantitative estimate of drug-likeness (QED) is 0.436. The number of imidazole rings is 1. The Morgan fingerprint density at radius 2 is 2.03 bits per heavy atom. The van der Waals surface area contributed by atoms with Gasteiger partial charge in [0.2, 0.25) is 11.5 Å². The molecule has 0 saturated heterocycles. The molecule has 0 unspecified atom stereocenters. The Labute approximate surface area is 188 Å². The maximum Gasteiger partial charge on any atom is 0.293 e. The molecule has 4 rings (SSSR count). The van der Waals surface area contributed by atoms with Crippen LogP contribution in [0.1, 0.15) is 34.1 Å². The van der Waals surface area contributed by atoms with Gasteiger partial charge in [0, 0.05) is 56.7 Å². The highest BCUT2D eigenvalue weighted by atomic mass is 19.1. The minimum Gasteiger partial charge on any atom is -0.436 e. The number of hydrogen-bond donors (Lipinski definition) is 1. The molecule has 1 amide bonds. The molecule has 0 atom stereocenters. The lowest BCUT2D eigenvalue weighted by Crippen LogP contribution is -2.12. The van der Waals surface area contributed by atoms with Crippen molar-refractivity contribution >= 4 is 23.2 Å². The van der Waals surface area contributed by atoms with E-state index in [-0.39, 0.29) is 23.5 Å². The second-order valence-corrected chi connectivity index (χ2v) is 7.55. The molecular weight excluding hydrogens is 429 g/mol. The van der Waals surface area contributed by atoms with Crippen molar-refractivity contribution in [3.05, 3.63) is 65.5 Å². The average Bonchev–Trinajstić information content (AvgIpc) is 3.35. The number of aryl methyl sites for hydroxylation is 2. The second-order valence-electron chi connectivity index (χ2n) is 7.55. The number of ether oxygens (including phenoxy) is 1. The maximum atomic E-state index is 14.6. The van der Waals surface area contributed by atoms with Crippen molar-refractivity contribution in [2.75, 3.05) is 19.0 Å². The zero-order chi connectivity index (χ0) is 23.5. The van der Waals surface area contributed by atoms with Crippen LogP contribution in [0.15, 0.2) is 41.2 Å². The monoisotopic (exact) mass is 451 g/mol. The van der Waals surface area contributed by atoms with Gasteiger partial charge in [0.1, 0.15) is 11.6 Å². The summed E-state index contributed by atoms with van der Waals surface area (Å²) in [5.41, 5.74) is 2.09. The number of ketones is 1. The van der Waals surface area contributed by atoms with Crippen molar-refractivity contribution in [2.24, 2.45) is 0 Å². The highest BCUT2D eigenvalue weighted by Crippen LogP contribution is 2.26. The summed E-state index contributed by atoms with van der Waals surface area (Å²) in [4.78, 5) is 37.2. The molecule has 4 aromatic rings. The number of amides is 1. The third-order valence-electron chi connectivity index (χ3n) is 4.96. The zero-order valence-corrected chi connectivity index (χ0v) is 18.4. The number of nitrogens with one attached hydrogen (secondary N) is 1. The van der Waals surface area contributed by atoms with Crippen LogP contribution in [0, 0.1) is 19.7 Å². The van der Waals surface area contributed by atoms with Gasteiger partial charge in [-0.25, -0.2) is 19.3 Å². The Morgan fingerprint density at radius 3 is 2.76 bits per heavy atom. The molecule has 1 aromatic carbocycles. The number of oxazole rings is 1. The maximum absolute atomic E-state index is 14.6. The fraction of sp³-hybridized carbons (Fsp3) is 0.261. The molecule has 3 heterocycles. The predicted molar refractivity (Wildman–Crippen MR) is 118 cm³/mol. The predicted octanol–water partition coefficient (Wildman–Crippen LogP) is 3.54. The molecule has 9 nitrogen and oxygen atoms in total. The number of carbonyl (C=O) groups is 2. The van der Waals surface area contributed by atoms with E-state index in [0.29, 0.717) is 47.3 Å². The molecule has 0 bridgehead atoms. The number of methoxy groups -OCH3 is 1. The normalized spacial score (nSPS) is 11.2.